The smallest absolute Gasteiger partial charge is 0.362 e. The van der Waals surface area contributed by atoms with Gasteiger partial charge in [-0.15, -0.1) is 0 Å². The highest BCUT2D eigenvalue weighted by atomic mass is 16.6. The summed E-state index contributed by atoms with van der Waals surface area (Å²) >= 11 is 0. The number of unbranched alkanes of at least 4 members (excludes halogenated alkanes) is 32. The van der Waals surface area contributed by atoms with E-state index in [0.717, 1.165) is 51.4 Å². The monoisotopic (exact) mass is 865 g/mol. The predicted octanol–water partition coefficient (Wildman–Crippen LogP) is 15.0. The number of nitrogens with zero attached hydrogens (tertiary/aromatic N) is 1. The van der Waals surface area contributed by atoms with Crippen LogP contribution in [0.15, 0.2) is 12.2 Å². The van der Waals surface area contributed by atoms with E-state index >= 15 is 0 Å². The van der Waals surface area contributed by atoms with Crippen molar-refractivity contribution < 1.29 is 38.2 Å². The van der Waals surface area contributed by atoms with Crippen LogP contribution in [0.1, 0.15) is 258 Å². The van der Waals surface area contributed by atoms with Crippen molar-refractivity contribution in [3.8, 4) is 0 Å². The summed E-state index contributed by atoms with van der Waals surface area (Å²) in [5, 5.41) is 9.65. The first-order chi connectivity index (χ1) is 29.6. The van der Waals surface area contributed by atoms with Gasteiger partial charge in [-0.05, 0) is 38.5 Å². The van der Waals surface area contributed by atoms with Gasteiger partial charge in [-0.3, -0.25) is 9.59 Å². The van der Waals surface area contributed by atoms with Gasteiger partial charge in [0.15, 0.2) is 12.1 Å². The van der Waals surface area contributed by atoms with Crippen molar-refractivity contribution in [1.29, 1.82) is 0 Å². The SMILES string of the molecule is CCCCCCCCC/C=C/CCCCCCCC(=O)OC(COCCC(C(=O)O)[N+](C)(C)C)COC(=O)CCCCCCCCCCCCCCCCCCCCCCC. The summed E-state index contributed by atoms with van der Waals surface area (Å²) in [6, 6.07) is -0.612. The first kappa shape index (κ1) is 59.1. The van der Waals surface area contributed by atoms with Crippen LogP contribution < -0.4 is 0 Å². The average molecular weight is 865 g/mol. The van der Waals surface area contributed by atoms with Crippen molar-refractivity contribution in [2.24, 2.45) is 0 Å². The van der Waals surface area contributed by atoms with E-state index in [-0.39, 0.29) is 36.2 Å². The van der Waals surface area contributed by atoms with E-state index in [0.29, 0.717) is 19.3 Å². The number of allylic oxidation sites excluding steroid dienone is 2. The molecule has 0 aliphatic carbocycles. The third kappa shape index (κ3) is 43.1. The van der Waals surface area contributed by atoms with Gasteiger partial charge in [0.2, 0.25) is 0 Å². The molecule has 0 aromatic carbocycles. The molecule has 2 atom stereocenters. The van der Waals surface area contributed by atoms with E-state index in [2.05, 4.69) is 26.0 Å². The first-order valence-corrected chi connectivity index (χ1v) is 26.2. The fraction of sp³-hybridized carbons (Fsp3) is 0.906. The Balaban J connectivity index is 4.18. The molecule has 61 heavy (non-hydrogen) atoms. The van der Waals surface area contributed by atoms with E-state index in [9.17, 15) is 19.5 Å². The molecule has 0 radical (unpaired) electrons. The lowest BCUT2D eigenvalue weighted by Gasteiger charge is -2.31. The zero-order valence-corrected chi connectivity index (χ0v) is 41.1. The number of carboxylic acid groups (broad SMARTS) is 1. The minimum atomic E-state index is -0.872. The van der Waals surface area contributed by atoms with E-state index in [1.807, 2.05) is 21.1 Å². The Hall–Kier alpha value is -1.93. The van der Waals surface area contributed by atoms with Crippen LogP contribution in [0.5, 0.6) is 0 Å². The lowest BCUT2D eigenvalue weighted by molar-refractivity contribution is -0.887. The number of carbonyl (C=O) groups excluding carboxylic acids is 2. The Morgan fingerprint density at radius 3 is 1.18 bits per heavy atom. The van der Waals surface area contributed by atoms with Gasteiger partial charge in [-0.1, -0.05) is 212 Å². The molecule has 360 valence electrons. The van der Waals surface area contributed by atoms with Crippen molar-refractivity contribution in [2.45, 2.75) is 270 Å². The Morgan fingerprint density at radius 1 is 0.475 bits per heavy atom. The van der Waals surface area contributed by atoms with E-state index in [1.165, 1.54) is 173 Å². The molecule has 0 heterocycles. The highest BCUT2D eigenvalue weighted by Crippen LogP contribution is 2.17. The maximum atomic E-state index is 12.8. The number of quaternary nitrogens is 1. The van der Waals surface area contributed by atoms with Crippen LogP contribution in [0, 0.1) is 0 Å². The van der Waals surface area contributed by atoms with Gasteiger partial charge >= 0.3 is 17.9 Å². The van der Waals surface area contributed by atoms with E-state index in [1.54, 1.807) is 0 Å². The molecule has 0 bridgehead atoms. The van der Waals surface area contributed by atoms with Gasteiger partial charge in [-0.25, -0.2) is 4.79 Å². The molecule has 0 rings (SSSR count). The van der Waals surface area contributed by atoms with Gasteiger partial charge in [0.25, 0.3) is 0 Å². The average Bonchev–Trinajstić information content (AvgIpc) is 3.22. The molecule has 2 unspecified atom stereocenters. The predicted molar refractivity (Wildman–Crippen MR) is 257 cm³/mol. The molecule has 0 aromatic rings. The van der Waals surface area contributed by atoms with E-state index < -0.39 is 18.1 Å². The fourth-order valence-corrected chi connectivity index (χ4v) is 8.09. The molecule has 0 saturated carbocycles. The number of rotatable bonds is 48. The molecule has 0 aliphatic heterocycles. The number of carbonyl (C=O) groups is 3. The quantitative estimate of drug-likeness (QED) is 0.0281. The zero-order chi connectivity index (χ0) is 44.9. The summed E-state index contributed by atoms with van der Waals surface area (Å²) in [6.07, 6.45) is 49.8. The van der Waals surface area contributed by atoms with Crippen molar-refractivity contribution in [2.75, 3.05) is 41.0 Å². The second-order valence-electron chi connectivity index (χ2n) is 19.1. The molecular formula is C53H102NO7+. The van der Waals surface area contributed by atoms with Gasteiger partial charge in [0.1, 0.15) is 6.61 Å². The molecule has 8 heteroatoms. The Bertz CT molecular complexity index is 1010. The van der Waals surface area contributed by atoms with Gasteiger partial charge < -0.3 is 23.8 Å². The number of hydrogen-bond donors (Lipinski definition) is 1. The summed E-state index contributed by atoms with van der Waals surface area (Å²) in [5.41, 5.74) is 0. The highest BCUT2D eigenvalue weighted by Gasteiger charge is 2.31. The third-order valence-corrected chi connectivity index (χ3v) is 12.2. The third-order valence-electron chi connectivity index (χ3n) is 12.2. The van der Waals surface area contributed by atoms with Gasteiger partial charge in [-0.2, -0.15) is 0 Å². The Kier molecular flexibility index (Phi) is 43.3. The molecule has 0 spiro atoms. The number of ether oxygens (including phenoxy) is 3. The van der Waals surface area contributed by atoms with Crippen LogP contribution in [0.4, 0.5) is 0 Å². The molecule has 0 fully saturated rings. The molecule has 0 aliphatic rings. The molecule has 0 saturated heterocycles. The highest BCUT2D eigenvalue weighted by molar-refractivity contribution is 5.72. The van der Waals surface area contributed by atoms with Crippen LogP contribution in [-0.2, 0) is 28.6 Å². The van der Waals surface area contributed by atoms with Crippen molar-refractivity contribution in [3.63, 3.8) is 0 Å². The van der Waals surface area contributed by atoms with Crippen LogP contribution in [0.2, 0.25) is 0 Å². The van der Waals surface area contributed by atoms with Crippen molar-refractivity contribution in [3.05, 3.63) is 12.2 Å². The second kappa shape index (κ2) is 44.7. The minimum Gasteiger partial charge on any atom is -0.477 e. The number of carboxylic acids is 1. The summed E-state index contributed by atoms with van der Waals surface area (Å²) in [5.74, 6) is -1.46. The topological polar surface area (TPSA) is 99.1 Å². The summed E-state index contributed by atoms with van der Waals surface area (Å²) in [4.78, 5) is 37.1. The first-order valence-electron chi connectivity index (χ1n) is 26.2. The Morgan fingerprint density at radius 2 is 0.820 bits per heavy atom. The molecule has 1 N–H and O–H groups in total. The molecule has 0 aromatic heterocycles. The summed E-state index contributed by atoms with van der Waals surface area (Å²) < 4.78 is 17.4. The summed E-state index contributed by atoms with van der Waals surface area (Å²) in [6.45, 7) is 4.78. The summed E-state index contributed by atoms with van der Waals surface area (Å²) in [7, 11) is 5.54. The maximum absolute atomic E-state index is 12.8. The van der Waals surface area contributed by atoms with Crippen molar-refractivity contribution in [1.82, 2.24) is 0 Å². The molecule has 8 nitrogen and oxygen atoms in total. The normalized spacial score (nSPS) is 12.9. The van der Waals surface area contributed by atoms with Crippen molar-refractivity contribution >= 4 is 17.9 Å². The number of likely N-dealkylation sites (N-methyl/N-ethyl adjacent to an activating group) is 1. The zero-order valence-electron chi connectivity index (χ0n) is 41.1. The fourth-order valence-electron chi connectivity index (χ4n) is 8.09. The van der Waals surface area contributed by atoms with E-state index in [4.69, 9.17) is 14.2 Å². The number of hydrogen-bond acceptors (Lipinski definition) is 6. The number of esters is 2. The van der Waals surface area contributed by atoms with Gasteiger partial charge in [0, 0.05) is 19.3 Å². The van der Waals surface area contributed by atoms with Crippen LogP contribution >= 0.6 is 0 Å². The molecule has 0 amide bonds. The van der Waals surface area contributed by atoms with Gasteiger partial charge in [0.05, 0.1) is 34.4 Å². The Labute approximate surface area is 378 Å². The maximum Gasteiger partial charge on any atom is 0.362 e. The van der Waals surface area contributed by atoms with Crippen LogP contribution in [-0.4, -0.2) is 80.6 Å². The standard InChI is InChI=1S/C53H101NO7/c1-6-8-10-12-14-16-18-20-22-24-25-26-27-28-30-31-33-35-37-39-41-43-51(55)60-48-49(47-59-46-45-50(53(57)58)54(3,4)5)61-52(56)44-42-40-38-36-34-32-29-23-21-19-17-15-13-11-9-7-2/h23,29,49-50H,6-22,24-28,30-48H2,1-5H3/p+1/b29-23+. The second-order valence-corrected chi connectivity index (χ2v) is 19.1. The van der Waals surface area contributed by atoms with Crippen LogP contribution in [0.3, 0.4) is 0 Å². The van der Waals surface area contributed by atoms with Crippen LogP contribution in [0.25, 0.3) is 0 Å². The minimum absolute atomic E-state index is 0.0476. The lowest BCUT2D eigenvalue weighted by atomic mass is 10.0. The largest absolute Gasteiger partial charge is 0.477 e. The molecular weight excluding hydrogens is 763 g/mol. The lowest BCUT2D eigenvalue weighted by Crippen LogP contribution is -2.50. The number of aliphatic carboxylic acids is 1.